The maximum absolute atomic E-state index is 8.78. The van der Waals surface area contributed by atoms with E-state index in [4.69, 9.17) is 20.5 Å². The van der Waals surface area contributed by atoms with Crippen molar-refractivity contribution in [2.75, 3.05) is 19.1 Å². The van der Waals surface area contributed by atoms with Gasteiger partial charge in [0.05, 0.1) is 12.7 Å². The van der Waals surface area contributed by atoms with Crippen molar-refractivity contribution in [3.05, 3.63) is 23.3 Å². The zero-order valence-corrected chi connectivity index (χ0v) is 11.5. The highest BCUT2D eigenvalue weighted by atomic mass is 16.7. The Morgan fingerprint density at radius 1 is 1.40 bits per heavy atom. The zero-order chi connectivity index (χ0) is 13.9. The molecule has 0 aromatic heterocycles. The van der Waals surface area contributed by atoms with Crippen molar-refractivity contribution in [3.8, 4) is 11.8 Å². The molecule has 0 bridgehead atoms. The van der Waals surface area contributed by atoms with Crippen LogP contribution in [0.15, 0.2) is 12.1 Å². The van der Waals surface area contributed by atoms with Crippen LogP contribution in [0, 0.1) is 11.3 Å². The smallest absolute Gasteiger partial charge is 0.189 e. The number of fused-ring (bicyclic) bond motifs is 1. The summed E-state index contributed by atoms with van der Waals surface area (Å²) in [6.07, 6.45) is 3.00. The third-order valence-corrected chi connectivity index (χ3v) is 3.76. The van der Waals surface area contributed by atoms with Gasteiger partial charge in [0.25, 0.3) is 0 Å². The molecule has 5 heteroatoms. The van der Waals surface area contributed by atoms with Gasteiger partial charge in [0.2, 0.25) is 0 Å². The van der Waals surface area contributed by atoms with E-state index in [0.717, 1.165) is 35.7 Å². The molecular weight excluding hydrogens is 254 g/mol. The van der Waals surface area contributed by atoms with Crippen LogP contribution in [-0.2, 0) is 17.9 Å². The van der Waals surface area contributed by atoms with E-state index in [-0.39, 0.29) is 0 Å². The molecule has 1 aliphatic carbocycles. The van der Waals surface area contributed by atoms with E-state index in [1.54, 1.807) is 0 Å². The van der Waals surface area contributed by atoms with E-state index in [9.17, 15) is 0 Å². The lowest BCUT2D eigenvalue weighted by Crippen LogP contribution is -2.27. The molecular formula is C15H19N3O2. The highest BCUT2D eigenvalue weighted by Crippen LogP contribution is 2.34. The largest absolute Gasteiger partial charge is 0.467 e. The Hall–Kier alpha value is -1.77. The molecule has 1 aromatic rings. The Labute approximate surface area is 118 Å². The second-order valence-electron chi connectivity index (χ2n) is 5.39. The van der Waals surface area contributed by atoms with Crippen LogP contribution >= 0.6 is 0 Å². The number of benzene rings is 1. The third kappa shape index (κ3) is 2.87. The summed E-state index contributed by atoms with van der Waals surface area (Å²) in [7, 11) is 0. The molecule has 1 saturated carbocycles. The van der Waals surface area contributed by atoms with Crippen molar-refractivity contribution < 1.29 is 9.47 Å². The van der Waals surface area contributed by atoms with E-state index in [0.29, 0.717) is 25.9 Å². The molecule has 2 N–H and O–H groups in total. The van der Waals surface area contributed by atoms with Crippen molar-refractivity contribution in [1.82, 2.24) is 4.90 Å². The molecule has 2 aliphatic rings. The predicted molar refractivity (Wildman–Crippen MR) is 74.8 cm³/mol. The molecule has 106 valence electrons. The summed E-state index contributed by atoms with van der Waals surface area (Å²) >= 11 is 0. The lowest BCUT2D eigenvalue weighted by Gasteiger charge is -2.26. The van der Waals surface area contributed by atoms with E-state index in [2.05, 4.69) is 11.0 Å². The van der Waals surface area contributed by atoms with Crippen LogP contribution in [0.25, 0.3) is 0 Å². The van der Waals surface area contributed by atoms with Gasteiger partial charge in [-0.3, -0.25) is 4.90 Å². The van der Waals surface area contributed by atoms with Gasteiger partial charge in [-0.25, -0.2) is 0 Å². The Morgan fingerprint density at radius 3 is 3.00 bits per heavy atom. The van der Waals surface area contributed by atoms with E-state index in [1.165, 1.54) is 12.8 Å². The van der Waals surface area contributed by atoms with Gasteiger partial charge in [0.15, 0.2) is 6.79 Å². The first-order chi connectivity index (χ1) is 9.78. The Bertz CT molecular complexity index is 535. The molecule has 0 atom stereocenters. The Morgan fingerprint density at radius 2 is 2.25 bits per heavy atom. The number of hydrogen-bond donors (Lipinski definition) is 1. The number of nitrogen functional groups attached to an aromatic ring is 1. The van der Waals surface area contributed by atoms with E-state index < -0.39 is 0 Å². The van der Waals surface area contributed by atoms with Crippen molar-refractivity contribution >= 4 is 5.69 Å². The molecule has 0 radical (unpaired) electrons. The second-order valence-corrected chi connectivity index (χ2v) is 5.39. The highest BCUT2D eigenvalue weighted by molar-refractivity contribution is 5.53. The first-order valence-corrected chi connectivity index (χ1v) is 7.00. The summed E-state index contributed by atoms with van der Waals surface area (Å²) in [6.45, 7) is 2.45. The molecule has 20 heavy (non-hydrogen) atoms. The summed E-state index contributed by atoms with van der Waals surface area (Å²) in [4.78, 5) is 2.36. The first kappa shape index (κ1) is 13.2. The second kappa shape index (κ2) is 5.70. The summed E-state index contributed by atoms with van der Waals surface area (Å²) in [5, 5.41) is 8.78. The van der Waals surface area contributed by atoms with Gasteiger partial charge < -0.3 is 15.2 Å². The molecule has 1 fully saturated rings. The summed E-state index contributed by atoms with van der Waals surface area (Å²) < 4.78 is 10.9. The van der Waals surface area contributed by atoms with Crippen LogP contribution in [0.3, 0.4) is 0 Å². The highest BCUT2D eigenvalue weighted by Gasteiger charge is 2.29. The molecule has 0 amide bonds. The molecule has 1 aliphatic heterocycles. The van der Waals surface area contributed by atoms with Crippen LogP contribution in [0.4, 0.5) is 5.69 Å². The fraction of sp³-hybridized carbons (Fsp3) is 0.533. The normalized spacial score (nSPS) is 17.4. The number of ether oxygens (including phenoxy) is 2. The minimum absolute atomic E-state index is 0.297. The fourth-order valence-corrected chi connectivity index (χ4v) is 2.69. The predicted octanol–water partition coefficient (Wildman–Crippen LogP) is 2.01. The van der Waals surface area contributed by atoms with Gasteiger partial charge >= 0.3 is 0 Å². The van der Waals surface area contributed by atoms with Crippen molar-refractivity contribution in [2.24, 2.45) is 0 Å². The number of rotatable bonds is 5. The summed E-state index contributed by atoms with van der Waals surface area (Å²) in [5.41, 5.74) is 8.83. The third-order valence-electron chi connectivity index (χ3n) is 3.76. The minimum Gasteiger partial charge on any atom is -0.467 e. The first-order valence-electron chi connectivity index (χ1n) is 7.00. The van der Waals surface area contributed by atoms with Crippen molar-refractivity contribution in [3.63, 3.8) is 0 Å². The van der Waals surface area contributed by atoms with Crippen LogP contribution in [0.1, 0.15) is 30.4 Å². The van der Waals surface area contributed by atoms with Crippen LogP contribution in [0.5, 0.6) is 5.75 Å². The van der Waals surface area contributed by atoms with Gasteiger partial charge in [0, 0.05) is 42.4 Å². The Balaban J connectivity index is 1.81. The van der Waals surface area contributed by atoms with Gasteiger partial charge in [0.1, 0.15) is 5.75 Å². The molecule has 0 spiro atoms. The van der Waals surface area contributed by atoms with Crippen LogP contribution < -0.4 is 10.5 Å². The Kier molecular flexibility index (Phi) is 3.77. The number of nitrogens with two attached hydrogens (primary N) is 1. The average Bonchev–Trinajstić information content (AvgIpc) is 3.27. The van der Waals surface area contributed by atoms with Crippen molar-refractivity contribution in [2.45, 2.75) is 38.5 Å². The molecule has 3 rings (SSSR count). The topological polar surface area (TPSA) is 71.5 Å². The molecule has 0 unspecified atom stereocenters. The fourth-order valence-electron chi connectivity index (χ4n) is 2.69. The molecule has 5 nitrogen and oxygen atoms in total. The molecule has 1 aromatic carbocycles. The SMILES string of the molecule is N#CCCN(Cc1cc(N)cc2c1OCOC2)C1CC1. The van der Waals surface area contributed by atoms with E-state index >= 15 is 0 Å². The zero-order valence-electron chi connectivity index (χ0n) is 11.5. The molecule has 0 saturated heterocycles. The van der Waals surface area contributed by atoms with Crippen molar-refractivity contribution in [1.29, 1.82) is 5.26 Å². The maximum atomic E-state index is 8.78. The number of hydrogen-bond acceptors (Lipinski definition) is 5. The quantitative estimate of drug-likeness (QED) is 0.831. The van der Waals surface area contributed by atoms with Crippen LogP contribution in [-0.4, -0.2) is 24.3 Å². The average molecular weight is 273 g/mol. The van der Waals surface area contributed by atoms with Gasteiger partial charge in [-0.05, 0) is 25.0 Å². The summed E-state index contributed by atoms with van der Waals surface area (Å²) in [5.74, 6) is 0.910. The number of nitriles is 1. The number of anilines is 1. The standard InChI is InChI=1S/C15H19N3O2/c16-4-1-5-18(14-2-3-14)8-11-6-13(17)7-12-9-19-10-20-15(11)12/h6-7,14H,1-3,5,8-10,17H2. The van der Waals surface area contributed by atoms with E-state index in [1.807, 2.05) is 12.1 Å². The van der Waals surface area contributed by atoms with Gasteiger partial charge in [-0.1, -0.05) is 0 Å². The minimum atomic E-state index is 0.297. The lowest BCUT2D eigenvalue weighted by molar-refractivity contribution is -0.0174. The summed E-state index contributed by atoms with van der Waals surface area (Å²) in [6, 6.07) is 6.72. The van der Waals surface area contributed by atoms with Crippen LogP contribution in [0.2, 0.25) is 0 Å². The maximum Gasteiger partial charge on any atom is 0.189 e. The lowest BCUT2D eigenvalue weighted by atomic mass is 10.1. The number of nitrogens with zero attached hydrogens (tertiary/aromatic N) is 2. The van der Waals surface area contributed by atoms with Gasteiger partial charge in [-0.15, -0.1) is 0 Å². The monoisotopic (exact) mass is 273 g/mol. The van der Waals surface area contributed by atoms with Gasteiger partial charge in [-0.2, -0.15) is 5.26 Å². The molecule has 1 heterocycles.